The Morgan fingerprint density at radius 3 is 2.17 bits per heavy atom. The Hall–Kier alpha value is -0.703. The molecular formula is C9H16O2Si. The van der Waals surface area contributed by atoms with E-state index in [2.05, 4.69) is 19.6 Å². The van der Waals surface area contributed by atoms with Crippen LogP contribution >= 0.6 is 0 Å². The molecule has 0 atom stereocenters. The van der Waals surface area contributed by atoms with Crippen LogP contribution in [0.4, 0.5) is 0 Å². The summed E-state index contributed by atoms with van der Waals surface area (Å²) in [6, 6.07) is 1.95. The van der Waals surface area contributed by atoms with Gasteiger partial charge < -0.3 is 8.84 Å². The number of hydrogen-bond donors (Lipinski definition) is 0. The lowest BCUT2D eigenvalue weighted by atomic mass is 10.4. The highest BCUT2D eigenvalue weighted by atomic mass is 28.4. The lowest BCUT2D eigenvalue weighted by Gasteiger charge is -2.17. The third-order valence-corrected chi connectivity index (χ3v) is 2.24. The van der Waals surface area contributed by atoms with Crippen molar-refractivity contribution in [2.75, 3.05) is 0 Å². The van der Waals surface area contributed by atoms with Gasteiger partial charge in [0.25, 0.3) is 0 Å². The van der Waals surface area contributed by atoms with Gasteiger partial charge in [-0.1, -0.05) is 0 Å². The molecule has 0 N–H and O–H groups in total. The van der Waals surface area contributed by atoms with E-state index in [4.69, 9.17) is 8.84 Å². The van der Waals surface area contributed by atoms with Gasteiger partial charge in [-0.05, 0) is 33.5 Å². The second kappa shape index (κ2) is 2.97. The Kier molecular flexibility index (Phi) is 2.33. The largest absolute Gasteiger partial charge is 0.542 e. The molecule has 0 aliphatic heterocycles. The van der Waals surface area contributed by atoms with Gasteiger partial charge in [0.05, 0.1) is 0 Å². The molecule has 0 aromatic carbocycles. The number of furan rings is 1. The van der Waals surface area contributed by atoms with Gasteiger partial charge in [0.2, 0.25) is 8.32 Å². The quantitative estimate of drug-likeness (QED) is 0.659. The smallest absolute Gasteiger partial charge is 0.242 e. The van der Waals surface area contributed by atoms with Crippen LogP contribution < -0.4 is 4.43 Å². The summed E-state index contributed by atoms with van der Waals surface area (Å²) in [5.74, 6) is 2.71. The highest BCUT2D eigenvalue weighted by Crippen LogP contribution is 2.24. The van der Waals surface area contributed by atoms with Crippen molar-refractivity contribution in [3.63, 3.8) is 0 Å². The summed E-state index contributed by atoms with van der Waals surface area (Å²) in [4.78, 5) is 0. The topological polar surface area (TPSA) is 22.4 Å². The molecule has 2 nitrogen and oxygen atoms in total. The van der Waals surface area contributed by atoms with E-state index in [1.165, 1.54) is 0 Å². The average molecular weight is 184 g/mol. The first kappa shape index (κ1) is 9.39. The van der Waals surface area contributed by atoms with Gasteiger partial charge >= 0.3 is 0 Å². The van der Waals surface area contributed by atoms with Crippen LogP contribution in [0.25, 0.3) is 0 Å². The second-order valence-corrected chi connectivity index (χ2v) is 8.42. The van der Waals surface area contributed by atoms with Crippen molar-refractivity contribution in [1.82, 2.24) is 0 Å². The lowest BCUT2D eigenvalue weighted by Crippen LogP contribution is -2.29. The lowest BCUT2D eigenvalue weighted by molar-refractivity contribution is 0.476. The number of hydrogen-bond acceptors (Lipinski definition) is 2. The molecule has 3 heteroatoms. The third-order valence-electron chi connectivity index (χ3n) is 1.41. The molecule has 0 bridgehead atoms. The molecule has 68 valence electrons. The standard InChI is InChI=1S/C9H16O2Si/c1-7-6-9(8(2)10-7)11-12(3,4)5/h6H,1-5H3. The molecule has 1 heterocycles. The molecule has 0 fully saturated rings. The van der Waals surface area contributed by atoms with E-state index in [0.29, 0.717) is 0 Å². The zero-order chi connectivity index (χ0) is 9.35. The summed E-state index contributed by atoms with van der Waals surface area (Å²) >= 11 is 0. The molecule has 0 saturated carbocycles. The molecule has 0 unspecified atom stereocenters. The van der Waals surface area contributed by atoms with E-state index in [9.17, 15) is 0 Å². The van der Waals surface area contributed by atoms with E-state index >= 15 is 0 Å². The van der Waals surface area contributed by atoms with Crippen molar-refractivity contribution in [3.8, 4) is 5.75 Å². The van der Waals surface area contributed by atoms with Crippen LogP contribution in [-0.4, -0.2) is 8.32 Å². The minimum atomic E-state index is -1.48. The van der Waals surface area contributed by atoms with E-state index in [1.807, 2.05) is 19.9 Å². The molecule has 0 amide bonds. The number of rotatable bonds is 2. The summed E-state index contributed by atoms with van der Waals surface area (Å²) in [5.41, 5.74) is 0. The molecule has 0 spiro atoms. The summed E-state index contributed by atoms with van der Waals surface area (Å²) in [6.45, 7) is 10.4. The summed E-state index contributed by atoms with van der Waals surface area (Å²) in [5, 5.41) is 0. The fourth-order valence-corrected chi connectivity index (χ4v) is 1.90. The summed E-state index contributed by atoms with van der Waals surface area (Å²) in [7, 11) is -1.48. The van der Waals surface area contributed by atoms with Crippen molar-refractivity contribution in [1.29, 1.82) is 0 Å². The van der Waals surface area contributed by atoms with Gasteiger partial charge in [0.15, 0.2) is 0 Å². The first-order valence-electron chi connectivity index (χ1n) is 4.14. The van der Waals surface area contributed by atoms with Crippen molar-refractivity contribution in [3.05, 3.63) is 17.6 Å². The Morgan fingerprint density at radius 2 is 1.83 bits per heavy atom. The number of aryl methyl sites for hydroxylation is 2. The van der Waals surface area contributed by atoms with Crippen LogP contribution in [0, 0.1) is 13.8 Å². The maximum Gasteiger partial charge on any atom is 0.242 e. The Balaban J connectivity index is 2.82. The Labute approximate surface area is 74.7 Å². The fourth-order valence-electron chi connectivity index (χ4n) is 1.04. The van der Waals surface area contributed by atoms with Crippen LogP contribution in [0.2, 0.25) is 19.6 Å². The van der Waals surface area contributed by atoms with Gasteiger partial charge in [-0.2, -0.15) is 0 Å². The third kappa shape index (κ3) is 2.41. The second-order valence-electron chi connectivity index (χ2n) is 3.99. The van der Waals surface area contributed by atoms with Crippen molar-refractivity contribution in [2.24, 2.45) is 0 Å². The molecular weight excluding hydrogens is 168 g/mol. The van der Waals surface area contributed by atoms with Crippen molar-refractivity contribution < 1.29 is 8.84 Å². The molecule has 1 aromatic rings. The van der Waals surface area contributed by atoms with Crippen LogP contribution in [0.1, 0.15) is 11.5 Å². The van der Waals surface area contributed by atoms with Gasteiger partial charge in [-0.25, -0.2) is 0 Å². The van der Waals surface area contributed by atoms with Gasteiger partial charge in [-0.15, -0.1) is 0 Å². The van der Waals surface area contributed by atoms with Crippen LogP contribution in [0.5, 0.6) is 5.75 Å². The highest BCUT2D eigenvalue weighted by molar-refractivity contribution is 6.70. The molecule has 1 rings (SSSR count). The zero-order valence-electron chi connectivity index (χ0n) is 8.39. The van der Waals surface area contributed by atoms with Crippen molar-refractivity contribution in [2.45, 2.75) is 33.5 Å². The molecule has 0 aliphatic rings. The molecule has 12 heavy (non-hydrogen) atoms. The van der Waals surface area contributed by atoms with Gasteiger partial charge in [-0.3, -0.25) is 0 Å². The van der Waals surface area contributed by atoms with E-state index in [-0.39, 0.29) is 0 Å². The molecule has 0 aliphatic carbocycles. The van der Waals surface area contributed by atoms with Crippen LogP contribution in [-0.2, 0) is 0 Å². The predicted molar refractivity (Wildman–Crippen MR) is 52.2 cm³/mol. The minimum absolute atomic E-state index is 0.884. The molecule has 0 saturated heterocycles. The van der Waals surface area contributed by atoms with Gasteiger partial charge in [0, 0.05) is 6.07 Å². The monoisotopic (exact) mass is 184 g/mol. The molecule has 0 radical (unpaired) electrons. The summed E-state index contributed by atoms with van der Waals surface area (Å²) in [6.07, 6.45) is 0. The zero-order valence-corrected chi connectivity index (χ0v) is 9.39. The van der Waals surface area contributed by atoms with E-state index in [0.717, 1.165) is 17.3 Å². The first-order valence-corrected chi connectivity index (χ1v) is 7.55. The van der Waals surface area contributed by atoms with Crippen LogP contribution in [0.15, 0.2) is 10.5 Å². The Bertz CT molecular complexity index is 271. The van der Waals surface area contributed by atoms with E-state index in [1.54, 1.807) is 0 Å². The van der Waals surface area contributed by atoms with Crippen LogP contribution in [0.3, 0.4) is 0 Å². The predicted octanol–water partition coefficient (Wildman–Crippen LogP) is 3.11. The fraction of sp³-hybridized carbons (Fsp3) is 0.556. The normalized spacial score (nSPS) is 11.8. The van der Waals surface area contributed by atoms with Crippen molar-refractivity contribution >= 4 is 8.32 Å². The van der Waals surface area contributed by atoms with Gasteiger partial charge in [0.1, 0.15) is 17.3 Å². The Morgan fingerprint density at radius 1 is 1.25 bits per heavy atom. The first-order chi connectivity index (χ1) is 5.38. The molecule has 1 aromatic heterocycles. The summed E-state index contributed by atoms with van der Waals surface area (Å²) < 4.78 is 11.2. The van der Waals surface area contributed by atoms with E-state index < -0.39 is 8.32 Å². The highest BCUT2D eigenvalue weighted by Gasteiger charge is 2.18. The maximum absolute atomic E-state index is 5.80. The SMILES string of the molecule is Cc1cc(O[Si](C)(C)C)c(C)o1. The maximum atomic E-state index is 5.80. The minimum Gasteiger partial charge on any atom is -0.542 e. The average Bonchev–Trinajstić information content (AvgIpc) is 2.06.